The van der Waals surface area contributed by atoms with E-state index < -0.39 is 41.0 Å². The van der Waals surface area contributed by atoms with Gasteiger partial charge in [0.2, 0.25) is 0 Å². The lowest BCUT2D eigenvalue weighted by molar-refractivity contribution is -0.154. The van der Waals surface area contributed by atoms with Crippen LogP contribution in [-0.4, -0.2) is 34.9 Å². The molecule has 29 heavy (non-hydrogen) atoms. The Morgan fingerprint density at radius 2 is 1.86 bits per heavy atom. The van der Waals surface area contributed by atoms with Gasteiger partial charge in [0.15, 0.2) is 5.78 Å². The molecule has 1 aromatic carbocycles. The summed E-state index contributed by atoms with van der Waals surface area (Å²) < 4.78 is 5.18. The summed E-state index contributed by atoms with van der Waals surface area (Å²) in [4.78, 5) is 38.2. The van der Waals surface area contributed by atoms with Gasteiger partial charge in [0.05, 0.1) is 5.41 Å². The Hall–Kier alpha value is -2.34. The number of aliphatic hydroxyl groups excluding tert-OH is 1. The molecule has 1 saturated carbocycles. The van der Waals surface area contributed by atoms with Crippen molar-refractivity contribution in [1.29, 1.82) is 0 Å². The molecule has 0 radical (unpaired) electrons. The number of aliphatic hydroxyl groups is 1. The molecule has 2 aliphatic carbocycles. The summed E-state index contributed by atoms with van der Waals surface area (Å²) in [6.07, 6.45) is 3.96. The van der Waals surface area contributed by atoms with Crippen molar-refractivity contribution < 1.29 is 24.2 Å². The summed E-state index contributed by atoms with van der Waals surface area (Å²) in [7, 11) is 0. The standard InChI is InChI=1S/C22H26ClNO5/c1-21(2,3)29-16(25)12-24-20(28)17-18(26)14-11-13(23)7-8-15(14)22(19(17)27)9-5-4-6-10-22/h7-8,11,26H,4-6,9-10,12H2,1-3H3,(H,24,28). The highest BCUT2D eigenvalue weighted by molar-refractivity contribution is 6.32. The summed E-state index contributed by atoms with van der Waals surface area (Å²) in [5.41, 5.74) is -0.728. The van der Waals surface area contributed by atoms with E-state index in [-0.39, 0.29) is 5.57 Å². The zero-order chi connectivity index (χ0) is 21.4. The molecule has 0 saturated heterocycles. The Balaban J connectivity index is 1.95. The molecule has 156 valence electrons. The van der Waals surface area contributed by atoms with Gasteiger partial charge in [0.25, 0.3) is 5.91 Å². The van der Waals surface area contributed by atoms with Crippen molar-refractivity contribution >= 4 is 35.0 Å². The highest BCUT2D eigenvalue weighted by Gasteiger charge is 2.49. The van der Waals surface area contributed by atoms with Crippen LogP contribution >= 0.6 is 11.6 Å². The van der Waals surface area contributed by atoms with Gasteiger partial charge in [-0.1, -0.05) is 36.9 Å². The minimum absolute atomic E-state index is 0.315. The van der Waals surface area contributed by atoms with E-state index >= 15 is 0 Å². The smallest absolute Gasteiger partial charge is 0.325 e. The third-order valence-electron chi connectivity index (χ3n) is 5.40. The third kappa shape index (κ3) is 4.17. The summed E-state index contributed by atoms with van der Waals surface area (Å²) in [6, 6.07) is 5.05. The quantitative estimate of drug-likeness (QED) is 0.573. The predicted octanol–water partition coefficient (Wildman–Crippen LogP) is 3.85. The lowest BCUT2D eigenvalue weighted by Crippen LogP contribution is -2.46. The van der Waals surface area contributed by atoms with Gasteiger partial charge in [-0.25, -0.2) is 0 Å². The van der Waals surface area contributed by atoms with Crippen LogP contribution in [0.4, 0.5) is 0 Å². The number of benzene rings is 1. The van der Waals surface area contributed by atoms with Crippen LogP contribution in [0.25, 0.3) is 5.76 Å². The second-order valence-corrected chi connectivity index (χ2v) is 9.09. The topological polar surface area (TPSA) is 92.7 Å². The van der Waals surface area contributed by atoms with Crippen LogP contribution in [0.15, 0.2) is 23.8 Å². The van der Waals surface area contributed by atoms with Gasteiger partial charge in [-0.05, 0) is 51.3 Å². The highest BCUT2D eigenvalue weighted by atomic mass is 35.5. The number of Topliss-reactive ketones (excluding diaryl/α,β-unsaturated/α-hetero) is 1. The molecule has 6 nitrogen and oxygen atoms in total. The molecular formula is C22H26ClNO5. The zero-order valence-corrected chi connectivity index (χ0v) is 17.7. The maximum Gasteiger partial charge on any atom is 0.325 e. The van der Waals surface area contributed by atoms with Crippen LogP contribution < -0.4 is 5.32 Å². The molecule has 0 unspecified atom stereocenters. The van der Waals surface area contributed by atoms with E-state index in [0.29, 0.717) is 29.0 Å². The Kier molecular flexibility index (Phi) is 5.77. The van der Waals surface area contributed by atoms with Gasteiger partial charge in [-0.3, -0.25) is 14.4 Å². The number of hydrogen-bond acceptors (Lipinski definition) is 5. The second-order valence-electron chi connectivity index (χ2n) is 8.65. The van der Waals surface area contributed by atoms with Crippen molar-refractivity contribution in [3.8, 4) is 0 Å². The molecule has 0 atom stereocenters. The third-order valence-corrected chi connectivity index (χ3v) is 5.63. The van der Waals surface area contributed by atoms with Gasteiger partial charge in [-0.15, -0.1) is 0 Å². The molecular weight excluding hydrogens is 394 g/mol. The van der Waals surface area contributed by atoms with Crippen LogP contribution in [0.2, 0.25) is 5.02 Å². The number of amides is 1. The van der Waals surface area contributed by atoms with Crippen LogP contribution in [0.3, 0.4) is 0 Å². The summed E-state index contributed by atoms with van der Waals surface area (Å²) in [5.74, 6) is -2.20. The number of nitrogens with one attached hydrogen (secondary N) is 1. The first-order chi connectivity index (χ1) is 13.5. The molecule has 1 aromatic rings. The van der Waals surface area contributed by atoms with Crippen LogP contribution in [-0.2, 0) is 24.5 Å². The number of ether oxygens (including phenoxy) is 1. The number of carbonyl (C=O) groups excluding carboxylic acids is 3. The van der Waals surface area contributed by atoms with E-state index in [9.17, 15) is 19.5 Å². The first kappa shape index (κ1) is 21.4. The Morgan fingerprint density at radius 3 is 2.48 bits per heavy atom. The van der Waals surface area contributed by atoms with Gasteiger partial charge >= 0.3 is 5.97 Å². The maximum atomic E-state index is 13.4. The van der Waals surface area contributed by atoms with Gasteiger partial charge in [0, 0.05) is 10.6 Å². The van der Waals surface area contributed by atoms with E-state index in [1.165, 1.54) is 0 Å². The molecule has 0 heterocycles. The fourth-order valence-corrected chi connectivity index (χ4v) is 4.39. The fraction of sp³-hybridized carbons (Fsp3) is 0.500. The highest BCUT2D eigenvalue weighted by Crippen LogP contribution is 2.48. The number of esters is 1. The summed E-state index contributed by atoms with van der Waals surface area (Å²) in [5, 5.41) is 13.6. The molecule has 1 amide bonds. The van der Waals surface area contributed by atoms with Crippen molar-refractivity contribution in [3.05, 3.63) is 39.9 Å². The molecule has 0 aliphatic heterocycles. The molecule has 2 aliphatic rings. The predicted molar refractivity (Wildman–Crippen MR) is 110 cm³/mol. The van der Waals surface area contributed by atoms with E-state index in [1.54, 1.807) is 39.0 Å². The number of fused-ring (bicyclic) bond motifs is 2. The first-order valence-corrected chi connectivity index (χ1v) is 10.2. The molecule has 1 spiro atoms. The van der Waals surface area contributed by atoms with E-state index in [1.807, 2.05) is 0 Å². The Labute approximate surface area is 175 Å². The van der Waals surface area contributed by atoms with Crippen LogP contribution in [0.5, 0.6) is 0 Å². The normalized spacial score (nSPS) is 18.4. The second kappa shape index (κ2) is 7.82. The lowest BCUT2D eigenvalue weighted by atomic mass is 9.61. The molecule has 1 fully saturated rings. The summed E-state index contributed by atoms with van der Waals surface area (Å²) >= 11 is 6.12. The monoisotopic (exact) mass is 419 g/mol. The molecule has 0 bridgehead atoms. The van der Waals surface area contributed by atoms with Gasteiger partial charge in [-0.2, -0.15) is 0 Å². The first-order valence-electron chi connectivity index (χ1n) is 9.84. The number of ketones is 1. The van der Waals surface area contributed by atoms with Crippen molar-refractivity contribution in [3.63, 3.8) is 0 Å². The van der Waals surface area contributed by atoms with Crippen molar-refractivity contribution in [1.82, 2.24) is 5.32 Å². The number of carbonyl (C=O) groups is 3. The van der Waals surface area contributed by atoms with Crippen LogP contribution in [0, 0.1) is 0 Å². The minimum atomic E-state index is -0.844. The molecule has 3 rings (SSSR count). The Bertz CT molecular complexity index is 891. The Morgan fingerprint density at radius 1 is 1.21 bits per heavy atom. The van der Waals surface area contributed by atoms with Gasteiger partial charge in [0.1, 0.15) is 23.5 Å². The van der Waals surface area contributed by atoms with E-state index in [2.05, 4.69) is 5.32 Å². The number of rotatable bonds is 3. The minimum Gasteiger partial charge on any atom is -0.506 e. The molecule has 7 heteroatoms. The SMILES string of the molecule is CC(C)(C)OC(=O)CNC(=O)C1=C(O)c2cc(Cl)ccc2C2(CCCCC2)C1=O. The van der Waals surface area contributed by atoms with Crippen molar-refractivity contribution in [2.75, 3.05) is 6.54 Å². The van der Waals surface area contributed by atoms with Gasteiger partial charge < -0.3 is 15.2 Å². The van der Waals surface area contributed by atoms with Crippen molar-refractivity contribution in [2.24, 2.45) is 0 Å². The van der Waals surface area contributed by atoms with Crippen molar-refractivity contribution in [2.45, 2.75) is 63.9 Å². The number of halogens is 1. The fourth-order valence-electron chi connectivity index (χ4n) is 4.21. The maximum absolute atomic E-state index is 13.4. The zero-order valence-electron chi connectivity index (χ0n) is 16.9. The van der Waals surface area contributed by atoms with E-state index in [4.69, 9.17) is 16.3 Å². The van der Waals surface area contributed by atoms with Crippen LogP contribution in [0.1, 0.15) is 64.0 Å². The number of hydrogen-bond donors (Lipinski definition) is 2. The molecule has 0 aromatic heterocycles. The average Bonchev–Trinajstić information content (AvgIpc) is 2.64. The lowest BCUT2D eigenvalue weighted by Gasteiger charge is -2.40. The largest absolute Gasteiger partial charge is 0.506 e. The van der Waals surface area contributed by atoms with E-state index in [0.717, 1.165) is 19.3 Å². The summed E-state index contributed by atoms with van der Waals surface area (Å²) in [6.45, 7) is 4.77. The molecule has 2 N–H and O–H groups in total. The average molecular weight is 420 g/mol.